The largest absolute Gasteiger partial charge is 0.347 e. The zero-order chi connectivity index (χ0) is 15.5. The molecular formula is C17H14FN3O. The number of benzene rings is 1. The van der Waals surface area contributed by atoms with Crippen molar-refractivity contribution in [3.63, 3.8) is 0 Å². The molecule has 1 aromatic carbocycles. The maximum atomic E-state index is 13.9. The molecule has 1 amide bonds. The van der Waals surface area contributed by atoms with Gasteiger partial charge in [-0.25, -0.2) is 9.37 Å². The number of halogens is 1. The number of nitrogens with one attached hydrogen (secondary N) is 1. The highest BCUT2D eigenvalue weighted by molar-refractivity contribution is 5.94. The van der Waals surface area contributed by atoms with Crippen molar-refractivity contribution < 1.29 is 9.18 Å². The number of hydrogen-bond donors (Lipinski definition) is 1. The minimum absolute atomic E-state index is 0.124. The van der Waals surface area contributed by atoms with Gasteiger partial charge in [0.2, 0.25) is 0 Å². The summed E-state index contributed by atoms with van der Waals surface area (Å²) in [4.78, 5) is 20.6. The van der Waals surface area contributed by atoms with Crippen LogP contribution < -0.4 is 5.32 Å². The molecule has 3 aromatic rings. The molecule has 0 spiro atoms. The van der Waals surface area contributed by atoms with E-state index in [1.165, 1.54) is 0 Å². The lowest BCUT2D eigenvalue weighted by Crippen LogP contribution is -2.24. The molecule has 0 fully saturated rings. The van der Waals surface area contributed by atoms with Crippen molar-refractivity contribution in [1.82, 2.24) is 15.3 Å². The first-order valence-corrected chi connectivity index (χ1v) is 6.89. The Labute approximate surface area is 127 Å². The number of carbonyl (C=O) groups excluding carboxylic acids is 1. The van der Waals surface area contributed by atoms with Crippen LogP contribution in [0, 0.1) is 12.7 Å². The highest BCUT2D eigenvalue weighted by atomic mass is 19.1. The molecule has 3 rings (SSSR count). The Morgan fingerprint density at radius 3 is 2.86 bits per heavy atom. The van der Waals surface area contributed by atoms with Gasteiger partial charge >= 0.3 is 0 Å². The third-order valence-electron chi connectivity index (χ3n) is 3.40. The summed E-state index contributed by atoms with van der Waals surface area (Å²) in [6.07, 6.45) is 1.67. The molecule has 5 heteroatoms. The average Bonchev–Trinajstić information content (AvgIpc) is 2.55. The minimum Gasteiger partial charge on any atom is -0.347 e. The Balaban J connectivity index is 1.77. The second-order valence-corrected chi connectivity index (χ2v) is 4.97. The summed E-state index contributed by atoms with van der Waals surface area (Å²) in [6, 6.07) is 12.0. The molecule has 0 atom stereocenters. The van der Waals surface area contributed by atoms with Crippen molar-refractivity contribution in [3.8, 4) is 0 Å². The molecule has 2 aromatic heterocycles. The van der Waals surface area contributed by atoms with Gasteiger partial charge in [-0.3, -0.25) is 9.78 Å². The Morgan fingerprint density at radius 1 is 1.14 bits per heavy atom. The number of carbonyl (C=O) groups is 1. The van der Waals surface area contributed by atoms with Gasteiger partial charge in [0.05, 0.1) is 11.0 Å². The maximum absolute atomic E-state index is 13.9. The van der Waals surface area contributed by atoms with E-state index in [1.807, 2.05) is 0 Å². The molecule has 0 radical (unpaired) electrons. The molecule has 2 heterocycles. The van der Waals surface area contributed by atoms with Crippen LogP contribution in [0.1, 0.15) is 21.6 Å². The monoisotopic (exact) mass is 295 g/mol. The number of fused-ring (bicyclic) bond motifs is 1. The fraction of sp³-hybridized carbons (Fsp3) is 0.118. The molecule has 0 aliphatic heterocycles. The normalized spacial score (nSPS) is 10.6. The highest BCUT2D eigenvalue weighted by Gasteiger charge is 2.10. The topological polar surface area (TPSA) is 54.9 Å². The van der Waals surface area contributed by atoms with Gasteiger partial charge in [-0.2, -0.15) is 0 Å². The van der Waals surface area contributed by atoms with Gasteiger partial charge in [0.25, 0.3) is 5.91 Å². The minimum atomic E-state index is -0.341. The van der Waals surface area contributed by atoms with Gasteiger partial charge in [0, 0.05) is 18.3 Å². The van der Waals surface area contributed by atoms with E-state index in [0.717, 1.165) is 5.52 Å². The molecule has 22 heavy (non-hydrogen) atoms. The lowest BCUT2D eigenvalue weighted by molar-refractivity contribution is 0.0946. The first-order valence-electron chi connectivity index (χ1n) is 6.89. The maximum Gasteiger partial charge on any atom is 0.270 e. The van der Waals surface area contributed by atoms with Gasteiger partial charge in [-0.15, -0.1) is 0 Å². The molecule has 0 unspecified atom stereocenters. The van der Waals surface area contributed by atoms with Crippen LogP contribution in [0.2, 0.25) is 0 Å². The summed E-state index contributed by atoms with van der Waals surface area (Å²) in [7, 11) is 0. The van der Waals surface area contributed by atoms with Gasteiger partial charge in [-0.1, -0.05) is 18.2 Å². The Bertz CT molecular complexity index is 848. The van der Waals surface area contributed by atoms with Crippen LogP contribution in [0.3, 0.4) is 0 Å². The number of aromatic nitrogens is 2. The van der Waals surface area contributed by atoms with Crippen molar-refractivity contribution in [3.05, 3.63) is 71.3 Å². The van der Waals surface area contributed by atoms with Crippen LogP contribution in [0.4, 0.5) is 4.39 Å². The van der Waals surface area contributed by atoms with Crippen LogP contribution in [-0.2, 0) is 6.54 Å². The number of nitrogens with zero attached hydrogens (tertiary/aromatic N) is 2. The molecule has 1 N–H and O–H groups in total. The number of rotatable bonds is 3. The quantitative estimate of drug-likeness (QED) is 0.808. The van der Waals surface area contributed by atoms with Crippen molar-refractivity contribution in [1.29, 1.82) is 0 Å². The van der Waals surface area contributed by atoms with Crippen molar-refractivity contribution >= 4 is 16.9 Å². The fourth-order valence-corrected chi connectivity index (χ4v) is 2.19. The van der Waals surface area contributed by atoms with E-state index in [9.17, 15) is 9.18 Å². The summed E-state index contributed by atoms with van der Waals surface area (Å²) >= 11 is 0. The van der Waals surface area contributed by atoms with Crippen LogP contribution in [0.25, 0.3) is 11.0 Å². The molecule has 0 saturated carbocycles. The molecule has 0 bridgehead atoms. The molecule has 4 nitrogen and oxygen atoms in total. The van der Waals surface area contributed by atoms with Gasteiger partial charge in [0.15, 0.2) is 0 Å². The number of amides is 1. The van der Waals surface area contributed by atoms with E-state index in [2.05, 4.69) is 15.3 Å². The first-order chi connectivity index (χ1) is 10.6. The lowest BCUT2D eigenvalue weighted by Gasteiger charge is -2.08. The Morgan fingerprint density at radius 2 is 2.00 bits per heavy atom. The number of hydrogen-bond acceptors (Lipinski definition) is 3. The molecule has 0 saturated heterocycles. The third kappa shape index (κ3) is 2.79. The summed E-state index contributed by atoms with van der Waals surface area (Å²) in [5.41, 5.74) is 2.67. The average molecular weight is 295 g/mol. The third-order valence-corrected chi connectivity index (χ3v) is 3.40. The number of aryl methyl sites for hydroxylation is 1. The predicted octanol–water partition coefficient (Wildman–Crippen LogP) is 3.01. The smallest absolute Gasteiger partial charge is 0.270 e. The fourth-order valence-electron chi connectivity index (χ4n) is 2.19. The van der Waals surface area contributed by atoms with Crippen LogP contribution in [-0.4, -0.2) is 15.9 Å². The van der Waals surface area contributed by atoms with E-state index in [1.54, 1.807) is 55.6 Å². The van der Waals surface area contributed by atoms with Crippen molar-refractivity contribution in [2.75, 3.05) is 0 Å². The van der Waals surface area contributed by atoms with E-state index in [4.69, 9.17) is 0 Å². The summed E-state index contributed by atoms with van der Waals surface area (Å²) < 4.78 is 13.9. The van der Waals surface area contributed by atoms with Gasteiger partial charge in [-0.05, 0) is 36.8 Å². The molecule has 0 aliphatic rings. The van der Waals surface area contributed by atoms with E-state index in [0.29, 0.717) is 16.6 Å². The summed E-state index contributed by atoms with van der Waals surface area (Å²) in [5, 5.41) is 2.69. The van der Waals surface area contributed by atoms with Gasteiger partial charge in [0.1, 0.15) is 11.5 Å². The molecular weight excluding hydrogens is 281 g/mol. The SMILES string of the molecule is Cc1cccc(CNC(=O)c2ccc3ncccc3n2)c1F. The van der Waals surface area contributed by atoms with E-state index >= 15 is 0 Å². The highest BCUT2D eigenvalue weighted by Crippen LogP contribution is 2.12. The Kier molecular flexibility index (Phi) is 3.78. The first kappa shape index (κ1) is 14.1. The summed E-state index contributed by atoms with van der Waals surface area (Å²) in [5.74, 6) is -0.634. The predicted molar refractivity (Wildman–Crippen MR) is 81.8 cm³/mol. The Hall–Kier alpha value is -2.82. The van der Waals surface area contributed by atoms with E-state index in [-0.39, 0.29) is 24.0 Å². The van der Waals surface area contributed by atoms with Crippen molar-refractivity contribution in [2.24, 2.45) is 0 Å². The second kappa shape index (κ2) is 5.89. The van der Waals surface area contributed by atoms with Gasteiger partial charge < -0.3 is 5.32 Å². The van der Waals surface area contributed by atoms with Crippen molar-refractivity contribution in [2.45, 2.75) is 13.5 Å². The van der Waals surface area contributed by atoms with Crippen LogP contribution in [0.15, 0.2) is 48.7 Å². The van der Waals surface area contributed by atoms with E-state index < -0.39 is 0 Å². The molecule has 0 aliphatic carbocycles. The standard InChI is InChI=1S/C17H14FN3O/c1-11-4-2-5-12(16(11)18)10-20-17(22)15-8-7-13-14(21-15)6-3-9-19-13/h2-9H,10H2,1H3,(H,20,22). The lowest BCUT2D eigenvalue weighted by atomic mass is 10.1. The van der Waals surface area contributed by atoms with Crippen LogP contribution >= 0.6 is 0 Å². The number of pyridine rings is 2. The zero-order valence-electron chi connectivity index (χ0n) is 12.0. The summed E-state index contributed by atoms with van der Waals surface area (Å²) in [6.45, 7) is 1.82. The molecule has 110 valence electrons. The second-order valence-electron chi connectivity index (χ2n) is 4.97. The van der Waals surface area contributed by atoms with Crippen LogP contribution in [0.5, 0.6) is 0 Å². The zero-order valence-corrected chi connectivity index (χ0v) is 12.0.